The van der Waals surface area contributed by atoms with Crippen LogP contribution >= 0.6 is 0 Å². The molecule has 0 amide bonds. The van der Waals surface area contributed by atoms with E-state index >= 15 is 0 Å². The lowest BCUT2D eigenvalue weighted by Crippen LogP contribution is -2.31. The minimum absolute atomic E-state index is 0.350. The van der Waals surface area contributed by atoms with Crippen molar-refractivity contribution in [3.63, 3.8) is 0 Å². The lowest BCUT2D eigenvalue weighted by atomic mass is 9.87. The van der Waals surface area contributed by atoms with Crippen molar-refractivity contribution in [3.8, 4) is 0 Å². The molecule has 0 aliphatic carbocycles. The zero-order valence-corrected chi connectivity index (χ0v) is 14.5. The number of fused-ring (bicyclic) bond motifs is 3. The van der Waals surface area contributed by atoms with Gasteiger partial charge in [0.2, 0.25) is 9.84 Å². The quantitative estimate of drug-likeness (QED) is 0.881. The van der Waals surface area contributed by atoms with Crippen molar-refractivity contribution >= 4 is 15.5 Å². The van der Waals surface area contributed by atoms with Crippen LogP contribution < -0.4 is 10.6 Å². The fourth-order valence-corrected chi connectivity index (χ4v) is 5.26. The maximum atomic E-state index is 12.9. The van der Waals surface area contributed by atoms with Gasteiger partial charge in [-0.15, -0.1) is 0 Å². The first-order valence-electron chi connectivity index (χ1n) is 8.49. The topological polar surface area (TPSA) is 58.2 Å². The van der Waals surface area contributed by atoms with Gasteiger partial charge in [-0.1, -0.05) is 25.1 Å². The molecule has 4 nitrogen and oxygen atoms in total. The van der Waals surface area contributed by atoms with Crippen molar-refractivity contribution in [1.29, 1.82) is 0 Å². The molecule has 2 aliphatic heterocycles. The van der Waals surface area contributed by atoms with Gasteiger partial charge in [-0.05, 0) is 61.3 Å². The molecular weight excluding hydrogens is 320 g/mol. The molecule has 3 atom stereocenters. The Morgan fingerprint density at radius 3 is 2.62 bits per heavy atom. The summed E-state index contributed by atoms with van der Waals surface area (Å²) in [7, 11) is -3.46. The average molecular weight is 342 g/mol. The number of nitrogens with one attached hydrogen (secondary N) is 2. The first kappa shape index (κ1) is 15.7. The number of hydrogen-bond donors (Lipinski definition) is 2. The minimum atomic E-state index is -3.46. The van der Waals surface area contributed by atoms with E-state index in [-0.39, 0.29) is 0 Å². The Hall–Kier alpha value is -1.85. The van der Waals surface area contributed by atoms with E-state index in [2.05, 4.69) is 17.6 Å². The van der Waals surface area contributed by atoms with E-state index < -0.39 is 9.84 Å². The van der Waals surface area contributed by atoms with Crippen LogP contribution in [-0.2, 0) is 9.84 Å². The Kier molecular flexibility index (Phi) is 3.85. The highest BCUT2D eigenvalue weighted by Crippen LogP contribution is 2.43. The van der Waals surface area contributed by atoms with Crippen LogP contribution in [-0.4, -0.2) is 27.5 Å². The highest BCUT2D eigenvalue weighted by molar-refractivity contribution is 7.91. The van der Waals surface area contributed by atoms with Gasteiger partial charge in [0, 0.05) is 17.6 Å². The zero-order valence-electron chi connectivity index (χ0n) is 13.7. The molecule has 2 heterocycles. The SMILES string of the molecule is CC1CNCC[C@@H]2c3cc(S(=O)(=O)c4ccccc4)ccc3N[C@H]12. The van der Waals surface area contributed by atoms with Gasteiger partial charge in [-0.2, -0.15) is 0 Å². The number of hydrogen-bond acceptors (Lipinski definition) is 4. The van der Waals surface area contributed by atoms with Crippen LogP contribution in [0.3, 0.4) is 0 Å². The lowest BCUT2D eigenvalue weighted by molar-refractivity contribution is 0.454. The summed E-state index contributed by atoms with van der Waals surface area (Å²) in [4.78, 5) is 0.739. The molecule has 24 heavy (non-hydrogen) atoms. The first-order valence-corrected chi connectivity index (χ1v) is 9.97. The van der Waals surface area contributed by atoms with Gasteiger partial charge in [0.15, 0.2) is 0 Å². The molecule has 5 heteroatoms. The molecule has 0 radical (unpaired) electrons. The van der Waals surface area contributed by atoms with Gasteiger partial charge in [0.25, 0.3) is 0 Å². The molecule has 1 saturated heterocycles. The summed E-state index contributed by atoms with van der Waals surface area (Å²) in [6.45, 7) is 4.22. The monoisotopic (exact) mass is 342 g/mol. The van der Waals surface area contributed by atoms with E-state index in [1.54, 1.807) is 30.3 Å². The van der Waals surface area contributed by atoms with Crippen LogP contribution in [0.1, 0.15) is 24.8 Å². The van der Waals surface area contributed by atoms with Crippen LogP contribution in [0.25, 0.3) is 0 Å². The molecule has 1 unspecified atom stereocenters. The smallest absolute Gasteiger partial charge is 0.206 e. The summed E-state index contributed by atoms with van der Waals surface area (Å²) in [6.07, 6.45) is 1.03. The van der Waals surface area contributed by atoms with Crippen molar-refractivity contribution in [2.45, 2.75) is 35.1 Å². The predicted molar refractivity (Wildman–Crippen MR) is 95.1 cm³/mol. The summed E-state index contributed by atoms with van der Waals surface area (Å²) in [6, 6.07) is 14.6. The van der Waals surface area contributed by atoms with Crippen molar-refractivity contribution in [1.82, 2.24) is 5.32 Å². The zero-order chi connectivity index (χ0) is 16.7. The molecule has 1 fully saturated rings. The summed E-state index contributed by atoms with van der Waals surface area (Å²) in [5.41, 5.74) is 2.23. The average Bonchev–Trinajstić information content (AvgIpc) is 2.87. The molecule has 0 spiro atoms. The highest BCUT2D eigenvalue weighted by atomic mass is 32.2. The van der Waals surface area contributed by atoms with Crippen LogP contribution in [0.15, 0.2) is 58.3 Å². The molecule has 2 aliphatic rings. The molecule has 0 aromatic heterocycles. The highest BCUT2D eigenvalue weighted by Gasteiger charge is 2.37. The Morgan fingerprint density at radius 1 is 1.04 bits per heavy atom. The minimum Gasteiger partial charge on any atom is -0.381 e. The van der Waals surface area contributed by atoms with Crippen molar-refractivity contribution in [2.75, 3.05) is 18.4 Å². The van der Waals surface area contributed by atoms with Gasteiger partial charge >= 0.3 is 0 Å². The fraction of sp³-hybridized carbons (Fsp3) is 0.368. The fourth-order valence-electron chi connectivity index (χ4n) is 3.94. The van der Waals surface area contributed by atoms with Crippen molar-refractivity contribution < 1.29 is 8.42 Å². The summed E-state index contributed by atoms with van der Waals surface area (Å²) < 4.78 is 25.8. The number of benzene rings is 2. The Balaban J connectivity index is 1.75. The molecule has 2 N–H and O–H groups in total. The van der Waals surface area contributed by atoms with Crippen molar-refractivity contribution in [3.05, 3.63) is 54.1 Å². The second kappa shape index (κ2) is 5.90. The molecular formula is C19H22N2O2S. The number of anilines is 1. The largest absolute Gasteiger partial charge is 0.381 e. The van der Waals surface area contributed by atoms with E-state index in [0.717, 1.165) is 30.8 Å². The van der Waals surface area contributed by atoms with Crippen LogP contribution in [0.5, 0.6) is 0 Å². The van der Waals surface area contributed by atoms with E-state index in [1.807, 2.05) is 18.2 Å². The molecule has 0 saturated carbocycles. The summed E-state index contributed by atoms with van der Waals surface area (Å²) in [5, 5.41) is 7.08. The first-order chi connectivity index (χ1) is 11.6. The Labute approximate surface area is 143 Å². The van der Waals surface area contributed by atoms with E-state index in [4.69, 9.17) is 0 Å². The number of rotatable bonds is 2. The molecule has 0 bridgehead atoms. The van der Waals surface area contributed by atoms with Crippen LogP contribution in [0.2, 0.25) is 0 Å². The predicted octanol–water partition coefficient (Wildman–Crippen LogP) is 3.03. The van der Waals surface area contributed by atoms with Crippen LogP contribution in [0.4, 0.5) is 5.69 Å². The van der Waals surface area contributed by atoms with Gasteiger partial charge < -0.3 is 10.6 Å². The van der Waals surface area contributed by atoms with Gasteiger partial charge in [-0.3, -0.25) is 0 Å². The van der Waals surface area contributed by atoms with E-state index in [9.17, 15) is 8.42 Å². The van der Waals surface area contributed by atoms with Crippen molar-refractivity contribution in [2.24, 2.45) is 5.92 Å². The second-order valence-corrected chi connectivity index (χ2v) is 8.76. The number of sulfone groups is 1. The van der Waals surface area contributed by atoms with Gasteiger partial charge in [0.05, 0.1) is 9.79 Å². The standard InChI is InChI=1S/C19H22N2O2S/c1-13-12-20-10-9-16-17-11-15(7-8-18(17)21-19(13)16)24(22,23)14-5-3-2-4-6-14/h2-8,11,13,16,19-21H,9-10,12H2,1H3/t13?,16-,19-/m1/s1. The second-order valence-electron chi connectivity index (χ2n) is 6.81. The maximum absolute atomic E-state index is 12.9. The summed E-state index contributed by atoms with van der Waals surface area (Å²) >= 11 is 0. The van der Waals surface area contributed by atoms with E-state index in [1.165, 1.54) is 0 Å². The molecule has 2 aromatic carbocycles. The van der Waals surface area contributed by atoms with Crippen LogP contribution in [0, 0.1) is 5.92 Å². The summed E-state index contributed by atoms with van der Waals surface area (Å²) in [5.74, 6) is 0.884. The normalized spacial score (nSPS) is 26.1. The Morgan fingerprint density at radius 2 is 1.83 bits per heavy atom. The third-order valence-corrected chi connectivity index (χ3v) is 7.02. The van der Waals surface area contributed by atoms with E-state index in [0.29, 0.717) is 27.7 Å². The molecule has 4 rings (SSSR count). The lowest BCUT2D eigenvalue weighted by Gasteiger charge is -2.22. The molecule has 2 aromatic rings. The van der Waals surface area contributed by atoms with Gasteiger partial charge in [0.1, 0.15) is 0 Å². The Bertz CT molecular complexity index is 849. The molecule has 126 valence electrons. The third-order valence-electron chi connectivity index (χ3n) is 5.25. The maximum Gasteiger partial charge on any atom is 0.206 e. The van der Waals surface area contributed by atoms with Gasteiger partial charge in [-0.25, -0.2) is 8.42 Å². The third kappa shape index (κ3) is 2.52.